The van der Waals surface area contributed by atoms with E-state index in [1.165, 1.54) is 0 Å². The highest BCUT2D eigenvalue weighted by Crippen LogP contribution is 2.15. The first kappa shape index (κ1) is 12.2. The number of methoxy groups -OCH3 is 1. The van der Waals surface area contributed by atoms with Gasteiger partial charge in [-0.1, -0.05) is 5.16 Å². The summed E-state index contributed by atoms with van der Waals surface area (Å²) in [5.74, 6) is 1.32. The normalized spacial score (nSPS) is 10.1. The van der Waals surface area contributed by atoms with Gasteiger partial charge in [-0.3, -0.25) is 4.79 Å². The van der Waals surface area contributed by atoms with Gasteiger partial charge in [-0.2, -0.15) is 0 Å². The van der Waals surface area contributed by atoms with E-state index in [0.717, 1.165) is 11.4 Å². The number of amides is 1. The van der Waals surface area contributed by atoms with E-state index in [2.05, 4.69) is 10.5 Å². The van der Waals surface area contributed by atoms with E-state index < -0.39 is 0 Å². The molecule has 1 amide bonds. The Bertz CT molecular complexity index is 531. The first-order valence-corrected chi connectivity index (χ1v) is 5.53. The number of aryl methyl sites for hydroxylation is 1. The molecule has 1 N–H and O–H groups in total. The summed E-state index contributed by atoms with van der Waals surface area (Å²) in [6.45, 7) is 1.79. The second-order valence-corrected chi connectivity index (χ2v) is 3.88. The van der Waals surface area contributed by atoms with Crippen molar-refractivity contribution in [1.29, 1.82) is 0 Å². The van der Waals surface area contributed by atoms with Crippen molar-refractivity contribution < 1.29 is 14.1 Å². The molecule has 5 nitrogen and oxygen atoms in total. The van der Waals surface area contributed by atoms with Crippen molar-refractivity contribution in [2.24, 2.45) is 0 Å². The third-order valence-corrected chi connectivity index (χ3v) is 2.39. The number of aromatic nitrogens is 1. The third-order valence-electron chi connectivity index (χ3n) is 2.39. The fourth-order valence-corrected chi connectivity index (χ4v) is 1.55. The van der Waals surface area contributed by atoms with Crippen LogP contribution in [0.4, 0.5) is 5.69 Å². The summed E-state index contributed by atoms with van der Waals surface area (Å²) in [7, 11) is 1.60. The summed E-state index contributed by atoms with van der Waals surface area (Å²) in [4.78, 5) is 11.7. The minimum atomic E-state index is -0.131. The first-order valence-electron chi connectivity index (χ1n) is 5.53. The zero-order valence-electron chi connectivity index (χ0n) is 10.3. The van der Waals surface area contributed by atoms with Crippen LogP contribution in [0.5, 0.6) is 5.75 Å². The van der Waals surface area contributed by atoms with E-state index in [1.807, 2.05) is 0 Å². The second kappa shape index (κ2) is 5.35. The molecule has 0 bridgehead atoms. The average molecular weight is 246 g/mol. The molecule has 0 saturated carbocycles. The SMILES string of the molecule is COc1ccc(NC(=O)Cc2cc(C)on2)cc1. The monoisotopic (exact) mass is 246 g/mol. The molecule has 1 heterocycles. The number of carbonyl (C=O) groups excluding carboxylic acids is 1. The van der Waals surface area contributed by atoms with Gasteiger partial charge in [0.2, 0.25) is 5.91 Å². The largest absolute Gasteiger partial charge is 0.497 e. The van der Waals surface area contributed by atoms with Crippen molar-refractivity contribution in [3.63, 3.8) is 0 Å². The lowest BCUT2D eigenvalue weighted by atomic mass is 10.2. The van der Waals surface area contributed by atoms with Crippen molar-refractivity contribution in [2.45, 2.75) is 13.3 Å². The van der Waals surface area contributed by atoms with Gasteiger partial charge < -0.3 is 14.6 Å². The molecule has 0 saturated heterocycles. The van der Waals surface area contributed by atoms with Gasteiger partial charge in [0.15, 0.2) is 0 Å². The van der Waals surface area contributed by atoms with Crippen LogP contribution in [0.15, 0.2) is 34.9 Å². The Kier molecular flexibility index (Phi) is 3.62. The molecule has 94 valence electrons. The molecule has 1 aromatic carbocycles. The van der Waals surface area contributed by atoms with Gasteiger partial charge >= 0.3 is 0 Å². The predicted molar refractivity (Wildman–Crippen MR) is 66.6 cm³/mol. The van der Waals surface area contributed by atoms with E-state index in [4.69, 9.17) is 9.26 Å². The van der Waals surface area contributed by atoms with E-state index in [0.29, 0.717) is 11.5 Å². The number of carbonyl (C=O) groups is 1. The molecule has 2 rings (SSSR count). The summed E-state index contributed by atoms with van der Waals surface area (Å²) < 4.78 is 9.94. The van der Waals surface area contributed by atoms with Gasteiger partial charge in [-0.25, -0.2) is 0 Å². The quantitative estimate of drug-likeness (QED) is 0.898. The van der Waals surface area contributed by atoms with Crippen LogP contribution < -0.4 is 10.1 Å². The number of hydrogen-bond donors (Lipinski definition) is 1. The maximum atomic E-state index is 11.7. The Morgan fingerprint density at radius 1 is 1.39 bits per heavy atom. The van der Waals surface area contributed by atoms with Crippen molar-refractivity contribution >= 4 is 11.6 Å². The highest BCUT2D eigenvalue weighted by Gasteiger charge is 2.07. The van der Waals surface area contributed by atoms with Crippen molar-refractivity contribution in [3.05, 3.63) is 41.8 Å². The Balaban J connectivity index is 1.94. The highest BCUT2D eigenvalue weighted by molar-refractivity contribution is 5.92. The van der Waals surface area contributed by atoms with Crippen LogP contribution in [-0.2, 0) is 11.2 Å². The maximum Gasteiger partial charge on any atom is 0.230 e. The summed E-state index contributed by atoms with van der Waals surface area (Å²) in [5.41, 5.74) is 1.35. The fourth-order valence-electron chi connectivity index (χ4n) is 1.55. The zero-order valence-corrected chi connectivity index (χ0v) is 10.3. The van der Waals surface area contributed by atoms with Crippen LogP contribution in [0, 0.1) is 6.92 Å². The molecule has 1 aromatic heterocycles. The lowest BCUT2D eigenvalue weighted by Crippen LogP contribution is -2.14. The van der Waals surface area contributed by atoms with Gasteiger partial charge in [0.05, 0.1) is 19.2 Å². The average Bonchev–Trinajstić information content (AvgIpc) is 2.75. The number of rotatable bonds is 4. The third kappa shape index (κ3) is 3.10. The first-order chi connectivity index (χ1) is 8.67. The Labute approximate surface area is 105 Å². The molecule has 18 heavy (non-hydrogen) atoms. The van der Waals surface area contributed by atoms with Gasteiger partial charge in [-0.15, -0.1) is 0 Å². The van der Waals surface area contributed by atoms with Crippen LogP contribution in [-0.4, -0.2) is 18.2 Å². The molecule has 0 unspecified atom stereocenters. The molecule has 0 aliphatic carbocycles. The van der Waals surface area contributed by atoms with E-state index >= 15 is 0 Å². The Morgan fingerprint density at radius 2 is 2.11 bits per heavy atom. The summed E-state index contributed by atoms with van der Waals surface area (Å²) in [6.07, 6.45) is 0.198. The van der Waals surface area contributed by atoms with Crippen LogP contribution in [0.3, 0.4) is 0 Å². The van der Waals surface area contributed by atoms with Gasteiger partial charge in [0.25, 0.3) is 0 Å². The molecule has 0 aliphatic heterocycles. The minimum Gasteiger partial charge on any atom is -0.497 e. The molecule has 2 aromatic rings. The van der Waals surface area contributed by atoms with Crippen molar-refractivity contribution in [3.8, 4) is 5.75 Å². The number of nitrogens with one attached hydrogen (secondary N) is 1. The van der Waals surface area contributed by atoms with Gasteiger partial charge in [0.1, 0.15) is 11.5 Å². The smallest absolute Gasteiger partial charge is 0.230 e. The molecule has 0 aliphatic rings. The molecular weight excluding hydrogens is 232 g/mol. The van der Waals surface area contributed by atoms with E-state index in [1.54, 1.807) is 44.4 Å². The van der Waals surface area contributed by atoms with Crippen molar-refractivity contribution in [1.82, 2.24) is 5.16 Å². The number of nitrogens with zero attached hydrogens (tertiary/aromatic N) is 1. The number of anilines is 1. The zero-order chi connectivity index (χ0) is 13.0. The second-order valence-electron chi connectivity index (χ2n) is 3.88. The lowest BCUT2D eigenvalue weighted by Gasteiger charge is -2.04. The van der Waals surface area contributed by atoms with Crippen LogP contribution in [0.25, 0.3) is 0 Å². The summed E-state index contributed by atoms with van der Waals surface area (Å²) in [6, 6.07) is 8.88. The molecule has 0 spiro atoms. The van der Waals surface area contributed by atoms with Crippen LogP contribution >= 0.6 is 0 Å². The number of benzene rings is 1. The van der Waals surface area contributed by atoms with E-state index in [-0.39, 0.29) is 12.3 Å². The Hall–Kier alpha value is -2.30. The minimum absolute atomic E-state index is 0.131. The standard InChI is InChI=1S/C13H14N2O3/c1-9-7-11(15-18-9)8-13(16)14-10-3-5-12(17-2)6-4-10/h3-7H,8H2,1-2H3,(H,14,16). The molecule has 0 atom stereocenters. The van der Waals surface area contributed by atoms with Crippen LogP contribution in [0.2, 0.25) is 0 Å². The van der Waals surface area contributed by atoms with Crippen molar-refractivity contribution in [2.75, 3.05) is 12.4 Å². The number of hydrogen-bond acceptors (Lipinski definition) is 4. The van der Waals surface area contributed by atoms with Gasteiger partial charge in [-0.05, 0) is 31.2 Å². The lowest BCUT2D eigenvalue weighted by molar-refractivity contribution is -0.115. The topological polar surface area (TPSA) is 64.4 Å². The number of ether oxygens (including phenoxy) is 1. The van der Waals surface area contributed by atoms with Gasteiger partial charge in [0, 0.05) is 11.8 Å². The fraction of sp³-hybridized carbons (Fsp3) is 0.231. The predicted octanol–water partition coefficient (Wildman–Crippen LogP) is 2.17. The van der Waals surface area contributed by atoms with Crippen LogP contribution in [0.1, 0.15) is 11.5 Å². The molecule has 0 fully saturated rings. The highest BCUT2D eigenvalue weighted by atomic mass is 16.5. The maximum absolute atomic E-state index is 11.7. The summed E-state index contributed by atoms with van der Waals surface area (Å²) >= 11 is 0. The summed E-state index contributed by atoms with van der Waals surface area (Å²) in [5, 5.41) is 6.54. The molecule has 0 radical (unpaired) electrons. The molecule has 5 heteroatoms. The Morgan fingerprint density at radius 3 is 2.67 bits per heavy atom. The van der Waals surface area contributed by atoms with E-state index in [9.17, 15) is 4.79 Å². The molecular formula is C13H14N2O3.